The molecule has 0 aliphatic rings. The third kappa shape index (κ3) is 5.21. The Labute approximate surface area is 221 Å². The van der Waals surface area contributed by atoms with Gasteiger partial charge in [0.15, 0.2) is 5.82 Å². The second-order valence-electron chi connectivity index (χ2n) is 9.02. The van der Waals surface area contributed by atoms with E-state index in [0.717, 1.165) is 10.8 Å². The number of anilines is 1. The number of nitrogens with zero attached hydrogens (tertiary/aromatic N) is 3. The molecule has 0 fully saturated rings. The molecule has 6 rings (SSSR count). The largest absolute Gasteiger partial charge is 0.340 e. The van der Waals surface area contributed by atoms with E-state index in [1.807, 2.05) is 30.3 Å². The highest BCUT2D eigenvalue weighted by Gasteiger charge is 2.23. The lowest BCUT2D eigenvalue weighted by molar-refractivity contribution is -0.118. The molecule has 0 bridgehead atoms. The van der Waals surface area contributed by atoms with Crippen LogP contribution in [0.25, 0.3) is 33.3 Å². The Morgan fingerprint density at radius 3 is 2.64 bits per heavy atom. The fourth-order valence-corrected chi connectivity index (χ4v) is 4.37. The molecule has 2 amide bonds. The Morgan fingerprint density at radius 2 is 1.82 bits per heavy atom. The molecule has 3 aromatic heterocycles. The molecule has 0 aliphatic carbocycles. The van der Waals surface area contributed by atoms with Gasteiger partial charge in [-0.05, 0) is 47.3 Å². The van der Waals surface area contributed by atoms with Gasteiger partial charge in [0.25, 0.3) is 5.91 Å². The molecule has 3 heterocycles. The van der Waals surface area contributed by atoms with Gasteiger partial charge < -0.3 is 15.3 Å². The number of carbonyl (C=O) groups is 2. The number of imidazole rings is 2. The first-order valence-electron chi connectivity index (χ1n) is 12.2. The highest BCUT2D eigenvalue weighted by molar-refractivity contribution is 6.02. The first-order valence-corrected chi connectivity index (χ1v) is 12.2. The smallest absolute Gasteiger partial charge is 0.252 e. The number of rotatable bonds is 7. The minimum atomic E-state index is -0.987. The molecule has 4 N–H and O–H groups in total. The van der Waals surface area contributed by atoms with Crippen LogP contribution in [-0.2, 0) is 11.2 Å². The van der Waals surface area contributed by atoms with Crippen molar-refractivity contribution < 1.29 is 14.0 Å². The van der Waals surface area contributed by atoms with Gasteiger partial charge in [-0.25, -0.2) is 14.4 Å². The molecule has 0 radical (unpaired) electrons. The van der Waals surface area contributed by atoms with E-state index in [0.29, 0.717) is 33.7 Å². The quantitative estimate of drug-likeness (QED) is 0.245. The van der Waals surface area contributed by atoms with E-state index >= 15 is 0 Å². The van der Waals surface area contributed by atoms with E-state index in [1.54, 1.807) is 42.7 Å². The van der Waals surface area contributed by atoms with Crippen LogP contribution in [0.15, 0.2) is 91.4 Å². The molecule has 39 heavy (non-hydrogen) atoms. The number of amides is 2. The molecular weight excluding hydrogens is 497 g/mol. The van der Waals surface area contributed by atoms with Gasteiger partial charge in [0, 0.05) is 36.0 Å². The van der Waals surface area contributed by atoms with E-state index in [4.69, 9.17) is 0 Å². The normalized spacial score (nSPS) is 11.9. The van der Waals surface area contributed by atoms with Crippen LogP contribution in [-0.4, -0.2) is 42.8 Å². The molecule has 9 nitrogen and oxygen atoms in total. The maximum atomic E-state index is 13.8. The van der Waals surface area contributed by atoms with Crippen molar-refractivity contribution in [3.05, 3.63) is 108 Å². The Bertz CT molecular complexity index is 1810. The van der Waals surface area contributed by atoms with Gasteiger partial charge >= 0.3 is 0 Å². The zero-order chi connectivity index (χ0) is 26.8. The highest BCUT2D eigenvalue weighted by Crippen LogP contribution is 2.23. The number of fused-ring (bicyclic) bond motifs is 2. The van der Waals surface area contributed by atoms with Gasteiger partial charge in [-0.3, -0.25) is 19.9 Å². The van der Waals surface area contributed by atoms with Crippen LogP contribution in [0.4, 0.5) is 10.3 Å². The summed E-state index contributed by atoms with van der Waals surface area (Å²) in [6.07, 6.45) is 4.94. The van der Waals surface area contributed by atoms with Crippen molar-refractivity contribution in [2.45, 2.75) is 12.5 Å². The van der Waals surface area contributed by atoms with Crippen molar-refractivity contribution in [1.82, 2.24) is 30.2 Å². The van der Waals surface area contributed by atoms with Crippen LogP contribution < -0.4 is 10.6 Å². The van der Waals surface area contributed by atoms with E-state index in [9.17, 15) is 14.0 Å². The Kier molecular flexibility index (Phi) is 6.26. The zero-order valence-corrected chi connectivity index (χ0v) is 20.5. The summed E-state index contributed by atoms with van der Waals surface area (Å²) in [7, 11) is 0. The van der Waals surface area contributed by atoms with E-state index < -0.39 is 23.7 Å². The molecular formula is C29H22FN7O2. The number of benzene rings is 3. The first kappa shape index (κ1) is 24.0. The van der Waals surface area contributed by atoms with Crippen molar-refractivity contribution in [1.29, 1.82) is 0 Å². The number of nitrogens with one attached hydrogen (secondary N) is 4. The molecule has 1 atom stereocenters. The standard InChI is InChI=1S/C29H22FN7O2/c30-21-7-3-4-17(12-21)13-25(28(39)37-29-31-10-11-32-29)36-27(38)19-8-9-22-23(15-19)35-26(34-22)24-14-18-5-1-2-6-20(18)16-33-24/h1-12,14-16,25H,13H2,(H,34,35)(H,36,38)(H2,31,32,37,39)/t25-/m0/s1. The van der Waals surface area contributed by atoms with Crippen LogP contribution in [0.2, 0.25) is 0 Å². The lowest BCUT2D eigenvalue weighted by Gasteiger charge is -2.18. The SMILES string of the molecule is O=C(N[C@@H](Cc1cccc(F)c1)C(=O)Nc1ncc[nH]1)c1ccc2nc(-c3cc4ccccc4cn3)[nH]c2c1. The molecule has 0 unspecified atom stereocenters. The van der Waals surface area contributed by atoms with Crippen molar-refractivity contribution in [2.75, 3.05) is 5.32 Å². The highest BCUT2D eigenvalue weighted by atomic mass is 19.1. The minimum absolute atomic E-state index is 0.0835. The molecule has 3 aromatic carbocycles. The number of carbonyl (C=O) groups excluding carboxylic acids is 2. The van der Waals surface area contributed by atoms with E-state index in [1.165, 1.54) is 18.3 Å². The third-order valence-corrected chi connectivity index (χ3v) is 6.31. The Hall–Kier alpha value is -5.38. The number of halogens is 1. The van der Waals surface area contributed by atoms with Crippen LogP contribution in [0.5, 0.6) is 0 Å². The summed E-state index contributed by atoms with van der Waals surface area (Å²) >= 11 is 0. The Morgan fingerprint density at radius 1 is 0.949 bits per heavy atom. The number of pyridine rings is 1. The summed E-state index contributed by atoms with van der Waals surface area (Å²) in [4.78, 5) is 45.4. The monoisotopic (exact) mass is 519 g/mol. The van der Waals surface area contributed by atoms with Gasteiger partial charge in [0.1, 0.15) is 17.6 Å². The molecule has 0 saturated carbocycles. The molecule has 0 saturated heterocycles. The average Bonchev–Trinajstić information content (AvgIpc) is 3.62. The van der Waals surface area contributed by atoms with Crippen LogP contribution in [0, 0.1) is 5.82 Å². The number of hydrogen-bond donors (Lipinski definition) is 4. The summed E-state index contributed by atoms with van der Waals surface area (Å²) in [5.74, 6) is -0.560. The first-order chi connectivity index (χ1) is 19.0. The topological polar surface area (TPSA) is 128 Å². The number of H-pyrrole nitrogens is 2. The predicted octanol–water partition coefficient (Wildman–Crippen LogP) is 4.62. The lowest BCUT2D eigenvalue weighted by Crippen LogP contribution is -2.45. The van der Waals surface area contributed by atoms with Gasteiger partial charge in [0.05, 0.1) is 11.0 Å². The minimum Gasteiger partial charge on any atom is -0.340 e. The van der Waals surface area contributed by atoms with E-state index in [2.05, 4.69) is 35.6 Å². The molecule has 10 heteroatoms. The number of aromatic nitrogens is 5. The summed E-state index contributed by atoms with van der Waals surface area (Å²) in [5, 5.41) is 7.49. The summed E-state index contributed by atoms with van der Waals surface area (Å²) < 4.78 is 13.8. The Balaban J connectivity index is 1.25. The number of aromatic amines is 2. The van der Waals surface area contributed by atoms with Gasteiger partial charge in [0.2, 0.25) is 11.9 Å². The average molecular weight is 520 g/mol. The summed E-state index contributed by atoms with van der Waals surface area (Å²) in [6.45, 7) is 0. The fourth-order valence-electron chi connectivity index (χ4n) is 4.37. The van der Waals surface area contributed by atoms with Crippen LogP contribution in [0.3, 0.4) is 0 Å². The van der Waals surface area contributed by atoms with Gasteiger partial charge in [-0.1, -0.05) is 36.4 Å². The zero-order valence-electron chi connectivity index (χ0n) is 20.5. The second-order valence-corrected chi connectivity index (χ2v) is 9.02. The van der Waals surface area contributed by atoms with Crippen molar-refractivity contribution in [3.8, 4) is 11.5 Å². The predicted molar refractivity (Wildman–Crippen MR) is 145 cm³/mol. The van der Waals surface area contributed by atoms with Crippen LogP contribution in [0.1, 0.15) is 15.9 Å². The molecule has 0 spiro atoms. The number of hydrogen-bond acceptors (Lipinski definition) is 5. The van der Waals surface area contributed by atoms with Crippen molar-refractivity contribution >= 4 is 39.6 Å². The van der Waals surface area contributed by atoms with Crippen LogP contribution >= 0.6 is 0 Å². The van der Waals surface area contributed by atoms with Gasteiger partial charge in [-0.2, -0.15) is 0 Å². The molecule has 6 aromatic rings. The van der Waals surface area contributed by atoms with Crippen molar-refractivity contribution in [3.63, 3.8) is 0 Å². The fraction of sp³-hybridized carbons (Fsp3) is 0.0690. The van der Waals surface area contributed by atoms with Crippen molar-refractivity contribution in [2.24, 2.45) is 0 Å². The summed E-state index contributed by atoms with van der Waals surface area (Å²) in [6, 6.07) is 19.8. The third-order valence-electron chi connectivity index (χ3n) is 6.31. The maximum absolute atomic E-state index is 13.8. The van der Waals surface area contributed by atoms with Gasteiger partial charge in [-0.15, -0.1) is 0 Å². The lowest BCUT2D eigenvalue weighted by atomic mass is 10.0. The summed E-state index contributed by atoms with van der Waals surface area (Å²) in [5.41, 5.74) is 2.89. The van der Waals surface area contributed by atoms with E-state index in [-0.39, 0.29) is 12.4 Å². The molecule has 0 aliphatic heterocycles. The maximum Gasteiger partial charge on any atom is 0.252 e. The second kappa shape index (κ2) is 10.2. The molecule has 192 valence electrons.